The summed E-state index contributed by atoms with van der Waals surface area (Å²) < 4.78 is 52.9. The summed E-state index contributed by atoms with van der Waals surface area (Å²) in [5.74, 6) is -0.723. The Labute approximate surface area is 213 Å². The van der Waals surface area contributed by atoms with Gasteiger partial charge in [0.05, 0.1) is 25.9 Å². The molecule has 2 unspecified atom stereocenters. The minimum absolute atomic E-state index is 0.141. The zero-order chi connectivity index (χ0) is 24.9. The molecule has 3 fully saturated rings. The van der Waals surface area contributed by atoms with Crippen LogP contribution in [0.2, 0.25) is 0 Å². The summed E-state index contributed by atoms with van der Waals surface area (Å²) in [4.78, 5) is 0. The highest BCUT2D eigenvalue weighted by Gasteiger charge is 2.35. The van der Waals surface area contributed by atoms with Crippen LogP contribution >= 0.6 is 0 Å². The van der Waals surface area contributed by atoms with Gasteiger partial charge < -0.3 is 9.47 Å². The largest absolute Gasteiger partial charge is 0.378 e. The molecular weight excluding hydrogens is 461 g/mol. The van der Waals surface area contributed by atoms with Crippen molar-refractivity contribution < 1.29 is 22.6 Å². The van der Waals surface area contributed by atoms with E-state index in [2.05, 4.69) is 12.1 Å². The first-order chi connectivity index (χ1) is 17.6. The second-order valence-electron chi connectivity index (χ2n) is 11.4. The first kappa shape index (κ1) is 25.8. The van der Waals surface area contributed by atoms with E-state index in [1.165, 1.54) is 49.8 Å². The van der Waals surface area contributed by atoms with Crippen molar-refractivity contribution in [2.75, 3.05) is 13.2 Å². The summed E-state index contributed by atoms with van der Waals surface area (Å²) in [6.07, 6.45) is 11.8. The number of hydrogen-bond donors (Lipinski definition) is 0. The van der Waals surface area contributed by atoms with Gasteiger partial charge in [0.1, 0.15) is 0 Å². The van der Waals surface area contributed by atoms with Crippen molar-refractivity contribution in [1.29, 1.82) is 0 Å². The van der Waals surface area contributed by atoms with Gasteiger partial charge in [-0.3, -0.25) is 0 Å². The van der Waals surface area contributed by atoms with E-state index >= 15 is 0 Å². The summed E-state index contributed by atoms with van der Waals surface area (Å²) in [5, 5.41) is 0. The summed E-state index contributed by atoms with van der Waals surface area (Å²) in [7, 11) is 0. The van der Waals surface area contributed by atoms with E-state index in [1.54, 1.807) is 0 Å². The Hall–Kier alpha value is -1.85. The molecule has 0 bridgehead atoms. The van der Waals surface area contributed by atoms with Crippen LogP contribution in [-0.2, 0) is 16.1 Å². The molecule has 3 aliphatic rings. The van der Waals surface area contributed by atoms with E-state index in [9.17, 15) is 13.2 Å². The number of rotatable bonds is 7. The van der Waals surface area contributed by atoms with Crippen LogP contribution < -0.4 is 0 Å². The minimum Gasteiger partial charge on any atom is -0.378 e. The SMILES string of the molecule is Fc1cc(C2CCC(C3CCC(C4CCC(COCc5ccccc5)CO4)CC3)CC2)cc(F)c1F. The van der Waals surface area contributed by atoms with Crippen LogP contribution in [0.15, 0.2) is 42.5 Å². The average Bonchev–Trinajstić information content (AvgIpc) is 2.93. The number of benzene rings is 2. The third-order valence-electron chi connectivity index (χ3n) is 9.13. The van der Waals surface area contributed by atoms with Gasteiger partial charge >= 0.3 is 0 Å². The van der Waals surface area contributed by atoms with Gasteiger partial charge in [-0.25, -0.2) is 13.2 Å². The maximum atomic E-state index is 13.7. The zero-order valence-corrected chi connectivity index (χ0v) is 21.1. The Morgan fingerprint density at radius 3 is 1.94 bits per heavy atom. The van der Waals surface area contributed by atoms with Gasteiger partial charge in [0.2, 0.25) is 0 Å². The lowest BCUT2D eigenvalue weighted by Crippen LogP contribution is -2.36. The highest BCUT2D eigenvalue weighted by molar-refractivity contribution is 5.23. The molecule has 0 amide bonds. The predicted molar refractivity (Wildman–Crippen MR) is 135 cm³/mol. The highest BCUT2D eigenvalue weighted by atomic mass is 19.2. The van der Waals surface area contributed by atoms with Crippen LogP contribution in [0, 0.1) is 41.1 Å². The van der Waals surface area contributed by atoms with Gasteiger partial charge in [-0.1, -0.05) is 30.3 Å². The van der Waals surface area contributed by atoms with E-state index in [0.29, 0.717) is 36.0 Å². The molecule has 5 heteroatoms. The number of hydrogen-bond acceptors (Lipinski definition) is 2. The Balaban J connectivity index is 1.00. The lowest BCUT2D eigenvalue weighted by atomic mass is 9.67. The molecule has 1 aliphatic heterocycles. The van der Waals surface area contributed by atoms with Crippen LogP contribution in [-0.4, -0.2) is 19.3 Å². The second-order valence-corrected chi connectivity index (χ2v) is 11.4. The highest BCUT2D eigenvalue weighted by Crippen LogP contribution is 2.45. The van der Waals surface area contributed by atoms with Crippen molar-refractivity contribution >= 4 is 0 Å². The molecule has 1 heterocycles. The molecule has 36 heavy (non-hydrogen) atoms. The van der Waals surface area contributed by atoms with Crippen molar-refractivity contribution in [1.82, 2.24) is 0 Å². The fourth-order valence-electron chi connectivity index (χ4n) is 6.97. The Bertz CT molecular complexity index is 934. The van der Waals surface area contributed by atoms with Gasteiger partial charge in [-0.05, 0) is 111 Å². The molecule has 1 saturated heterocycles. The van der Waals surface area contributed by atoms with Gasteiger partial charge in [0, 0.05) is 5.92 Å². The fraction of sp³-hybridized carbons (Fsp3) is 0.613. The lowest BCUT2D eigenvalue weighted by molar-refractivity contribution is -0.0775. The molecule has 0 N–H and O–H groups in total. The lowest BCUT2D eigenvalue weighted by Gasteiger charge is -2.41. The fourth-order valence-corrected chi connectivity index (χ4v) is 6.97. The third-order valence-corrected chi connectivity index (χ3v) is 9.13. The molecule has 0 aromatic heterocycles. The molecule has 5 rings (SSSR count). The predicted octanol–water partition coefficient (Wildman–Crippen LogP) is 8.20. The average molecular weight is 501 g/mol. The maximum Gasteiger partial charge on any atom is 0.194 e. The van der Waals surface area contributed by atoms with Crippen molar-refractivity contribution in [3.63, 3.8) is 0 Å². The van der Waals surface area contributed by atoms with Gasteiger partial charge in [0.15, 0.2) is 17.5 Å². The van der Waals surface area contributed by atoms with Gasteiger partial charge in [-0.15, -0.1) is 0 Å². The summed E-state index contributed by atoms with van der Waals surface area (Å²) in [5.41, 5.74) is 1.84. The quantitative estimate of drug-likeness (QED) is 0.357. The molecule has 0 spiro atoms. The normalized spacial score (nSPS) is 31.3. The van der Waals surface area contributed by atoms with Crippen molar-refractivity contribution in [2.45, 2.75) is 82.8 Å². The summed E-state index contributed by atoms with van der Waals surface area (Å²) in [6.45, 7) is 2.26. The molecular formula is C31H39F3O2. The van der Waals surface area contributed by atoms with Gasteiger partial charge in [0.25, 0.3) is 0 Å². The molecule has 2 aliphatic carbocycles. The standard InChI is InChI=1S/C31H39F3O2/c32-28-16-27(17-29(33)31(28)34)25-9-7-23(8-10-25)24-11-13-26(14-12-24)30-15-6-22(20-36-30)19-35-18-21-4-2-1-3-5-21/h1-5,16-17,22-26,30H,6-15,18-20H2. The van der Waals surface area contributed by atoms with Crippen LogP contribution in [0.3, 0.4) is 0 Å². The summed E-state index contributed by atoms with van der Waals surface area (Å²) >= 11 is 0. The van der Waals surface area contributed by atoms with Crippen LogP contribution in [0.1, 0.15) is 81.3 Å². The van der Waals surface area contributed by atoms with E-state index in [0.717, 1.165) is 51.2 Å². The molecule has 2 atom stereocenters. The number of halogens is 3. The van der Waals surface area contributed by atoms with E-state index in [4.69, 9.17) is 9.47 Å². The van der Waals surface area contributed by atoms with Crippen LogP contribution in [0.5, 0.6) is 0 Å². The maximum absolute atomic E-state index is 13.7. The first-order valence-electron chi connectivity index (χ1n) is 13.9. The van der Waals surface area contributed by atoms with Crippen molar-refractivity contribution in [3.8, 4) is 0 Å². The van der Waals surface area contributed by atoms with E-state index in [-0.39, 0.29) is 5.92 Å². The molecule has 2 aromatic carbocycles. The minimum atomic E-state index is -1.36. The van der Waals surface area contributed by atoms with Crippen LogP contribution in [0.25, 0.3) is 0 Å². The van der Waals surface area contributed by atoms with E-state index < -0.39 is 17.5 Å². The zero-order valence-electron chi connectivity index (χ0n) is 21.1. The molecule has 2 aromatic rings. The Morgan fingerprint density at radius 2 is 1.33 bits per heavy atom. The van der Waals surface area contributed by atoms with Gasteiger partial charge in [-0.2, -0.15) is 0 Å². The van der Waals surface area contributed by atoms with Crippen LogP contribution in [0.4, 0.5) is 13.2 Å². The Kier molecular flexibility index (Phi) is 8.69. The number of ether oxygens (including phenoxy) is 2. The molecule has 0 radical (unpaired) electrons. The molecule has 2 nitrogen and oxygen atoms in total. The topological polar surface area (TPSA) is 18.5 Å². The monoisotopic (exact) mass is 500 g/mol. The molecule has 2 saturated carbocycles. The first-order valence-corrected chi connectivity index (χ1v) is 13.9. The van der Waals surface area contributed by atoms with Crippen molar-refractivity contribution in [2.24, 2.45) is 23.7 Å². The molecule has 196 valence electrons. The smallest absolute Gasteiger partial charge is 0.194 e. The second kappa shape index (κ2) is 12.1. The third kappa shape index (κ3) is 6.34. The Morgan fingerprint density at radius 1 is 0.722 bits per heavy atom. The summed E-state index contributed by atoms with van der Waals surface area (Å²) in [6, 6.07) is 12.7. The van der Waals surface area contributed by atoms with E-state index in [1.807, 2.05) is 18.2 Å². The van der Waals surface area contributed by atoms with Crippen molar-refractivity contribution in [3.05, 3.63) is 71.0 Å².